The predicted octanol–water partition coefficient (Wildman–Crippen LogP) is 13.1. The van der Waals surface area contributed by atoms with E-state index in [4.69, 9.17) is 71.0 Å². The van der Waals surface area contributed by atoms with Crippen molar-refractivity contribution < 1.29 is 110 Å². The maximum absolute atomic E-state index is 12.2. The molecule has 4 amide bonds. The average Bonchev–Trinajstić information content (AvgIpc) is 1.62. The molecule has 690 valence electrons. The third-order valence-electron chi connectivity index (χ3n) is 19.4. The number of nitrogens with one attached hydrogen (secondary N) is 2. The van der Waals surface area contributed by atoms with E-state index in [9.17, 15) is 67.6 Å². The number of nitrogens with zero attached hydrogens (tertiary/aromatic N) is 9. The maximum Gasteiger partial charge on any atom is 0.410 e. The van der Waals surface area contributed by atoms with E-state index in [2.05, 4.69) is 148 Å². The first kappa shape index (κ1) is 98.9. The number of aromatic nitrogens is 2. The highest BCUT2D eigenvalue weighted by Gasteiger charge is 2.50. The highest BCUT2D eigenvalue weighted by Crippen LogP contribution is 2.37. The van der Waals surface area contributed by atoms with Gasteiger partial charge in [0.05, 0.1) is 68.7 Å². The second kappa shape index (κ2) is 54.3. The summed E-state index contributed by atoms with van der Waals surface area (Å²) in [5.74, 6) is -2.62. The predicted molar refractivity (Wildman–Crippen MR) is 486 cm³/mol. The van der Waals surface area contributed by atoms with Crippen molar-refractivity contribution in [3.05, 3.63) is 143 Å². The van der Waals surface area contributed by atoms with Crippen molar-refractivity contribution in [1.29, 1.82) is 10.5 Å². The van der Waals surface area contributed by atoms with Crippen molar-refractivity contribution >= 4 is 123 Å². The number of ether oxygens (including phenoxy) is 6. The SMILES string of the molecule is C=C(C#N)C(=O)OCC.CC(=O)C1(C#N)CCN(Cc2ccccc2)C1.CC(=O)C1(CN)CCN(Cc2ccccc2)C1.CC(C)(C)OC(=O)N1CCC2(CNC(=O)CC2=O)C1.CCOC(=O)CC(=O)Cl.CCOC(=O)CC(=O)NCC1(C(C)=O)CCN(C(=O)OC(C)(C)C)C1.COCN(Cc1ccccc1)C[Si](C)(C)C.O=C(CBr)c1ccnc(Cl)n1.[2HH].[2H][2H].[2H][2H].[2H][2H].[2H][2H].[2H][2H].[2H][2H]. The van der Waals surface area contributed by atoms with Gasteiger partial charge in [0.15, 0.2) is 17.3 Å². The first-order valence-electron chi connectivity index (χ1n) is 46.4. The summed E-state index contributed by atoms with van der Waals surface area (Å²) in [7, 11) is 0.701. The van der Waals surface area contributed by atoms with Crippen LogP contribution in [-0.4, -0.2) is 247 Å². The Kier molecular flexibility index (Phi) is 43.6. The fraction of sp³-hybridized carbons (Fsp3) is 0.557. The number of nitriles is 2. The molecule has 1 aromatic heterocycles. The van der Waals surface area contributed by atoms with Gasteiger partial charge in [0.2, 0.25) is 22.3 Å². The van der Waals surface area contributed by atoms with Crippen LogP contribution in [0.2, 0.25) is 24.9 Å². The van der Waals surface area contributed by atoms with E-state index in [1.165, 1.54) is 53.9 Å². The van der Waals surface area contributed by atoms with Gasteiger partial charge in [-0.3, -0.25) is 62.6 Å². The molecule has 5 aliphatic heterocycles. The van der Waals surface area contributed by atoms with E-state index < -0.39 is 83.2 Å². The number of carbonyl (C=O) groups is 13. The van der Waals surface area contributed by atoms with Crippen LogP contribution in [0.15, 0.2) is 115 Å². The van der Waals surface area contributed by atoms with Crippen LogP contribution in [-0.2, 0) is 96.0 Å². The first-order chi connectivity index (χ1) is 63.7. The number of hydrogen-bond donors (Lipinski definition) is 3. The number of carbonyl (C=O) groups excluding carboxylic acids is 13. The highest BCUT2D eigenvalue weighted by atomic mass is 79.9. The molecule has 5 saturated heterocycles. The fourth-order valence-electron chi connectivity index (χ4n) is 12.9. The van der Waals surface area contributed by atoms with Gasteiger partial charge in [-0.2, -0.15) is 10.5 Å². The van der Waals surface area contributed by atoms with Crippen molar-refractivity contribution in [3.63, 3.8) is 0 Å². The first-order valence-corrected chi connectivity index (χ1v) is 46.0. The molecular weight excluding hydrogens is 1710 g/mol. The Bertz CT molecular complexity index is 4300. The Labute approximate surface area is 763 Å². The summed E-state index contributed by atoms with van der Waals surface area (Å²) >= 11 is 13.3. The van der Waals surface area contributed by atoms with Crippen molar-refractivity contribution in [2.24, 2.45) is 27.4 Å². The van der Waals surface area contributed by atoms with Gasteiger partial charge in [0.25, 0.3) is 0 Å². The highest BCUT2D eigenvalue weighted by molar-refractivity contribution is 9.09. The van der Waals surface area contributed by atoms with Gasteiger partial charge in [-0.05, 0) is 167 Å². The molecule has 4 atom stereocenters. The quantitative estimate of drug-likeness (QED) is 0.00449. The zero-order valence-corrected chi connectivity index (χ0v) is 78.2. The molecular formula is C88H139BrCl2N12O19Si. The number of esters is 3. The van der Waals surface area contributed by atoms with Crippen LogP contribution in [0.5, 0.6) is 0 Å². The van der Waals surface area contributed by atoms with E-state index in [0.29, 0.717) is 64.2 Å². The van der Waals surface area contributed by atoms with E-state index in [0.717, 1.165) is 52.4 Å². The molecule has 0 radical (unpaired) electrons. The number of likely N-dealkylation sites (tertiary alicyclic amines) is 4. The van der Waals surface area contributed by atoms with Gasteiger partial charge in [-0.1, -0.05) is 133 Å². The Morgan fingerprint density at radius 1 is 0.683 bits per heavy atom. The number of alkyl halides is 1. The van der Waals surface area contributed by atoms with Crippen molar-refractivity contribution in [2.75, 3.05) is 117 Å². The molecule has 6 heterocycles. The Morgan fingerprint density at radius 3 is 1.59 bits per heavy atom. The monoisotopic (exact) mass is 1860 g/mol. The Hall–Kier alpha value is -9.55. The summed E-state index contributed by atoms with van der Waals surface area (Å²) in [4.78, 5) is 165. The zero-order valence-electron chi connectivity index (χ0n) is 86.1. The lowest BCUT2D eigenvalue weighted by Crippen LogP contribution is -2.51. The van der Waals surface area contributed by atoms with Crippen LogP contribution in [0.4, 0.5) is 9.59 Å². The summed E-state index contributed by atoms with van der Waals surface area (Å²) in [6.07, 6.45) is 3.52. The van der Waals surface area contributed by atoms with Gasteiger partial charge in [0.1, 0.15) is 58.4 Å². The number of piperidine rings is 1. The molecule has 4 N–H and O–H groups in total. The number of nitrogens with two attached hydrogens (primary N) is 1. The second-order valence-corrected chi connectivity index (χ2v) is 39.9. The molecule has 35 heteroatoms. The van der Waals surface area contributed by atoms with E-state index in [1.54, 1.807) is 66.5 Å². The molecule has 5 aliphatic rings. The van der Waals surface area contributed by atoms with Crippen LogP contribution in [0, 0.1) is 44.3 Å². The van der Waals surface area contributed by atoms with Crippen molar-refractivity contribution in [3.8, 4) is 12.1 Å². The molecule has 31 nitrogen and oxygen atoms in total. The molecule has 9 rings (SSSR count). The number of amides is 4. The number of halogens is 3. The summed E-state index contributed by atoms with van der Waals surface area (Å²) in [6.45, 7) is 40.3. The summed E-state index contributed by atoms with van der Waals surface area (Å²) in [6, 6.07) is 36.4. The van der Waals surface area contributed by atoms with E-state index >= 15 is 0 Å². The molecule has 1 spiro atoms. The molecule has 5 fully saturated rings. The largest absolute Gasteiger partial charge is 0.466 e. The zero-order chi connectivity index (χ0) is 105. The van der Waals surface area contributed by atoms with Crippen LogP contribution in [0.1, 0.15) is 174 Å². The lowest BCUT2D eigenvalue weighted by molar-refractivity contribution is -0.147. The Balaban J connectivity index is -0.000000355. The summed E-state index contributed by atoms with van der Waals surface area (Å²) in [5.41, 5.74) is 6.14. The maximum atomic E-state index is 12.2. The van der Waals surface area contributed by atoms with Gasteiger partial charge < -0.3 is 54.6 Å². The molecule has 0 bridgehead atoms. The third-order valence-corrected chi connectivity index (χ3v) is 21.6. The normalized spacial score (nSPS) is 19.2. The number of methoxy groups -OCH3 is 1. The van der Waals surface area contributed by atoms with E-state index in [1.807, 2.05) is 57.2 Å². The number of Topliss-reactive ketones (excluding diaryl/α,β-unsaturated/α-hetero) is 5. The van der Waals surface area contributed by atoms with Crippen molar-refractivity contribution in [2.45, 2.75) is 179 Å². The standard InChI is InChI=1S/C17H28N2O6.C14H20N2O.C14H16N2O.C13H20N2O4.C13H23NOSi.C6H4BrClN2O.C6H7NO2.C5H7ClO3.7H2/c1-6-24-14(22)9-13(21)18-10-17(12(2)20)7-8-19(11-17)15(23)25-16(3,4)5;2*1-12(17)14(10-15)7-8-16(11-14)9-13-5-3-2-4-6-13;1-12(2,3)19-11(18)15-5-4-13(8-15)7-14-10(17)6-9(13)16;1-15-11-14(12-16(2,3)4)10-13-8-6-5-7-9-13;7-3-5(11)4-1-2-9-6(8)10-4;1-3-9-6(8)5(2)4-7;1-2-9-5(8)3-4(6)7;;;;;;;/h6-11H2,1-5H3,(H,18,21);2-6H,7-11,15H2,1H3;2-6H,7-9,11H2,1H3;4-8H2,1-3H3,(H,14,17);5-9H,10-12H2,1-4H3;1-2H,3H2;2*2-3H2,1H3;7*1H/i;;;;;;;;6*1+1D;1+1. The number of ketones is 5. The minimum absolute atomic E-state index is 0. The molecule has 4 aromatic rings. The lowest BCUT2D eigenvalue weighted by Gasteiger charge is -2.32. The van der Waals surface area contributed by atoms with Crippen molar-refractivity contribution in [1.82, 2.24) is 45.1 Å². The molecule has 4 unspecified atom stereocenters. The lowest BCUT2D eigenvalue weighted by atomic mass is 9.78. The van der Waals surface area contributed by atoms with Crippen LogP contribution in [0.25, 0.3) is 0 Å². The number of benzene rings is 3. The topological polar surface area (TPSA) is 417 Å². The fourth-order valence-corrected chi connectivity index (χ4v) is 15.0. The number of rotatable bonds is 26. The molecule has 0 aliphatic carbocycles. The molecule has 123 heavy (non-hydrogen) atoms. The van der Waals surface area contributed by atoms with Gasteiger partial charge in [0, 0.05) is 118 Å². The average molecular weight is 1860 g/mol. The van der Waals surface area contributed by atoms with Gasteiger partial charge in [-0.15, -0.1) is 0 Å². The van der Waals surface area contributed by atoms with Gasteiger partial charge in [-0.25, -0.2) is 24.4 Å². The Morgan fingerprint density at radius 2 is 1.17 bits per heavy atom. The van der Waals surface area contributed by atoms with Crippen LogP contribution in [0.3, 0.4) is 0 Å². The molecule has 3 aromatic carbocycles. The third kappa shape index (κ3) is 41.7. The number of hydrogen-bond acceptors (Lipinski definition) is 27. The molecule has 0 saturated carbocycles. The minimum Gasteiger partial charge on any atom is -0.466 e. The van der Waals surface area contributed by atoms with Crippen LogP contribution >= 0.6 is 39.1 Å². The summed E-state index contributed by atoms with van der Waals surface area (Å²) in [5, 5.41) is 22.2. The minimum atomic E-state index is -1.07. The van der Waals surface area contributed by atoms with E-state index in [-0.39, 0.29) is 104 Å². The second-order valence-electron chi connectivity index (χ2n) is 33.1. The smallest absolute Gasteiger partial charge is 0.410 e. The summed E-state index contributed by atoms with van der Waals surface area (Å²) < 4.78 is 89.5. The van der Waals surface area contributed by atoms with Crippen LogP contribution < -0.4 is 16.4 Å². The van der Waals surface area contributed by atoms with Gasteiger partial charge >= 0.3 is 30.1 Å².